The third kappa shape index (κ3) is 3.58. The minimum absolute atomic E-state index is 0.193. The van der Waals surface area contributed by atoms with Crippen LogP contribution in [0.3, 0.4) is 0 Å². The standard InChI is InChI=1S/C16H23N5O3/c1-11-17-7-9-20(11)10-13-18-14(19-24-13)12-6-5-8-21(12)15(22)23-16(2,3)4/h7,9,12H,5-6,8,10H2,1-4H3. The van der Waals surface area contributed by atoms with Gasteiger partial charge >= 0.3 is 6.09 Å². The van der Waals surface area contributed by atoms with Crippen molar-refractivity contribution in [2.75, 3.05) is 6.54 Å². The van der Waals surface area contributed by atoms with Crippen molar-refractivity contribution in [3.8, 4) is 0 Å². The lowest BCUT2D eigenvalue weighted by atomic mass is 10.2. The van der Waals surface area contributed by atoms with Crippen molar-refractivity contribution in [3.05, 3.63) is 29.9 Å². The number of hydrogen-bond donors (Lipinski definition) is 0. The van der Waals surface area contributed by atoms with Crippen molar-refractivity contribution in [3.63, 3.8) is 0 Å². The summed E-state index contributed by atoms with van der Waals surface area (Å²) in [6.45, 7) is 8.60. The van der Waals surface area contributed by atoms with Crippen molar-refractivity contribution in [2.24, 2.45) is 0 Å². The number of carbonyl (C=O) groups is 1. The molecule has 8 heteroatoms. The first-order chi connectivity index (χ1) is 11.3. The first kappa shape index (κ1) is 16.5. The maximum atomic E-state index is 12.4. The lowest BCUT2D eigenvalue weighted by Gasteiger charge is -2.27. The molecule has 0 aliphatic carbocycles. The van der Waals surface area contributed by atoms with Crippen LogP contribution in [0.4, 0.5) is 4.79 Å². The Bertz CT molecular complexity index is 715. The highest BCUT2D eigenvalue weighted by atomic mass is 16.6. The van der Waals surface area contributed by atoms with Crippen molar-refractivity contribution < 1.29 is 14.1 Å². The molecule has 0 aromatic carbocycles. The molecule has 0 saturated carbocycles. The van der Waals surface area contributed by atoms with Gasteiger partial charge in [-0.1, -0.05) is 5.16 Å². The second kappa shape index (κ2) is 6.26. The molecule has 0 N–H and O–H groups in total. The molecular formula is C16H23N5O3. The predicted molar refractivity (Wildman–Crippen MR) is 85.3 cm³/mol. The van der Waals surface area contributed by atoms with Crippen LogP contribution >= 0.6 is 0 Å². The van der Waals surface area contributed by atoms with Gasteiger partial charge in [-0.25, -0.2) is 9.78 Å². The summed E-state index contributed by atoms with van der Waals surface area (Å²) in [5.41, 5.74) is -0.522. The Morgan fingerprint density at radius 1 is 1.46 bits per heavy atom. The van der Waals surface area contributed by atoms with Crippen LogP contribution in [0.15, 0.2) is 16.9 Å². The quantitative estimate of drug-likeness (QED) is 0.858. The SMILES string of the molecule is Cc1nccn1Cc1nc(C2CCCN2C(=O)OC(C)(C)C)no1. The minimum Gasteiger partial charge on any atom is -0.444 e. The number of imidazole rings is 1. The number of likely N-dealkylation sites (tertiary alicyclic amines) is 1. The molecule has 1 fully saturated rings. The van der Waals surface area contributed by atoms with E-state index in [2.05, 4.69) is 15.1 Å². The Labute approximate surface area is 140 Å². The Balaban J connectivity index is 1.71. The fourth-order valence-electron chi connectivity index (χ4n) is 2.76. The lowest BCUT2D eigenvalue weighted by molar-refractivity contribution is 0.0217. The molecule has 3 heterocycles. The molecule has 1 atom stereocenters. The van der Waals surface area contributed by atoms with Crippen molar-refractivity contribution in [1.82, 2.24) is 24.6 Å². The predicted octanol–water partition coefficient (Wildman–Crippen LogP) is 2.69. The molecule has 1 aliphatic heterocycles. The summed E-state index contributed by atoms with van der Waals surface area (Å²) in [6.07, 6.45) is 4.97. The zero-order chi connectivity index (χ0) is 17.3. The van der Waals surface area contributed by atoms with Gasteiger partial charge < -0.3 is 13.8 Å². The molecular weight excluding hydrogens is 310 g/mol. The largest absolute Gasteiger partial charge is 0.444 e. The Morgan fingerprint density at radius 3 is 2.92 bits per heavy atom. The Kier molecular flexibility index (Phi) is 4.29. The van der Waals surface area contributed by atoms with Crippen molar-refractivity contribution >= 4 is 6.09 Å². The van der Waals surface area contributed by atoms with Crippen LogP contribution in [0, 0.1) is 6.92 Å². The number of carbonyl (C=O) groups excluding carboxylic acids is 1. The molecule has 0 spiro atoms. The normalized spacial score (nSPS) is 18.2. The smallest absolute Gasteiger partial charge is 0.410 e. The molecule has 130 valence electrons. The van der Waals surface area contributed by atoms with Crippen LogP contribution in [-0.2, 0) is 11.3 Å². The van der Waals surface area contributed by atoms with Crippen LogP contribution in [0.25, 0.3) is 0 Å². The fraction of sp³-hybridized carbons (Fsp3) is 0.625. The summed E-state index contributed by atoms with van der Waals surface area (Å²) < 4.78 is 12.7. The Hall–Kier alpha value is -2.38. The van der Waals surface area contributed by atoms with Gasteiger partial charge in [0.1, 0.15) is 18.0 Å². The van der Waals surface area contributed by atoms with E-state index in [0.717, 1.165) is 18.7 Å². The summed E-state index contributed by atoms with van der Waals surface area (Å²) >= 11 is 0. The van der Waals surface area contributed by atoms with Gasteiger partial charge in [-0.2, -0.15) is 4.98 Å². The molecule has 24 heavy (non-hydrogen) atoms. The summed E-state index contributed by atoms with van der Waals surface area (Å²) in [5.74, 6) is 1.92. The first-order valence-corrected chi connectivity index (χ1v) is 8.13. The molecule has 1 unspecified atom stereocenters. The number of aromatic nitrogens is 4. The molecule has 1 amide bonds. The van der Waals surface area contributed by atoms with Gasteiger partial charge in [-0.15, -0.1) is 0 Å². The van der Waals surface area contributed by atoms with Crippen LogP contribution in [0.2, 0.25) is 0 Å². The van der Waals surface area contributed by atoms with E-state index in [0.29, 0.717) is 24.8 Å². The topological polar surface area (TPSA) is 86.3 Å². The second-order valence-electron chi connectivity index (χ2n) is 6.98. The molecule has 3 rings (SSSR count). The van der Waals surface area contributed by atoms with E-state index in [-0.39, 0.29) is 12.1 Å². The third-order valence-corrected chi connectivity index (χ3v) is 3.89. The van der Waals surface area contributed by atoms with Gasteiger partial charge in [0.2, 0.25) is 5.89 Å². The monoisotopic (exact) mass is 333 g/mol. The van der Waals surface area contributed by atoms with E-state index in [1.54, 1.807) is 11.1 Å². The summed E-state index contributed by atoms with van der Waals surface area (Å²) in [5, 5.41) is 4.07. The molecule has 2 aromatic rings. The fourth-order valence-corrected chi connectivity index (χ4v) is 2.76. The van der Waals surface area contributed by atoms with E-state index >= 15 is 0 Å². The van der Waals surface area contributed by atoms with Crippen LogP contribution in [-0.4, -0.2) is 42.8 Å². The van der Waals surface area contributed by atoms with E-state index in [9.17, 15) is 4.79 Å². The average Bonchev–Trinajstić information content (AvgIpc) is 3.19. The molecule has 1 aliphatic rings. The maximum absolute atomic E-state index is 12.4. The van der Waals surface area contributed by atoms with Gasteiger partial charge in [0.05, 0.1) is 6.04 Å². The highest BCUT2D eigenvalue weighted by molar-refractivity contribution is 5.69. The van der Waals surface area contributed by atoms with Crippen LogP contribution < -0.4 is 0 Å². The third-order valence-electron chi connectivity index (χ3n) is 3.89. The molecule has 8 nitrogen and oxygen atoms in total. The van der Waals surface area contributed by atoms with E-state index in [1.807, 2.05) is 38.5 Å². The van der Waals surface area contributed by atoms with Gasteiger partial charge in [0.15, 0.2) is 5.82 Å². The minimum atomic E-state index is -0.522. The molecule has 2 aromatic heterocycles. The average molecular weight is 333 g/mol. The zero-order valence-electron chi connectivity index (χ0n) is 14.5. The number of rotatable bonds is 3. The van der Waals surface area contributed by atoms with E-state index in [4.69, 9.17) is 9.26 Å². The van der Waals surface area contributed by atoms with E-state index < -0.39 is 5.60 Å². The number of ether oxygens (including phenoxy) is 1. The molecule has 0 radical (unpaired) electrons. The lowest BCUT2D eigenvalue weighted by Crippen LogP contribution is -2.36. The van der Waals surface area contributed by atoms with Crippen LogP contribution in [0.1, 0.15) is 57.2 Å². The van der Waals surface area contributed by atoms with Crippen molar-refractivity contribution in [2.45, 2.75) is 58.7 Å². The first-order valence-electron chi connectivity index (χ1n) is 8.13. The van der Waals surface area contributed by atoms with Crippen molar-refractivity contribution in [1.29, 1.82) is 0 Å². The highest BCUT2D eigenvalue weighted by Gasteiger charge is 2.36. The summed E-state index contributed by atoms with van der Waals surface area (Å²) in [4.78, 5) is 22.7. The second-order valence-corrected chi connectivity index (χ2v) is 6.98. The van der Waals surface area contributed by atoms with Gasteiger partial charge in [-0.3, -0.25) is 4.90 Å². The van der Waals surface area contributed by atoms with Crippen LogP contribution in [0.5, 0.6) is 0 Å². The van der Waals surface area contributed by atoms with Gasteiger partial charge in [0, 0.05) is 18.9 Å². The maximum Gasteiger partial charge on any atom is 0.410 e. The number of nitrogens with zero attached hydrogens (tertiary/aromatic N) is 5. The highest BCUT2D eigenvalue weighted by Crippen LogP contribution is 2.31. The van der Waals surface area contributed by atoms with E-state index in [1.165, 1.54) is 0 Å². The number of aryl methyl sites for hydroxylation is 1. The summed E-state index contributed by atoms with van der Waals surface area (Å²) in [6, 6.07) is -0.193. The molecule has 0 bridgehead atoms. The van der Waals surface area contributed by atoms with Gasteiger partial charge in [-0.05, 0) is 40.5 Å². The zero-order valence-corrected chi connectivity index (χ0v) is 14.5. The molecule has 1 saturated heterocycles. The summed E-state index contributed by atoms with van der Waals surface area (Å²) in [7, 11) is 0. The van der Waals surface area contributed by atoms with Gasteiger partial charge in [0.25, 0.3) is 0 Å². The Morgan fingerprint density at radius 2 is 2.25 bits per heavy atom. The number of amides is 1. The number of hydrogen-bond acceptors (Lipinski definition) is 6.